The molecular formula is C17H13F3N4. The van der Waals surface area contributed by atoms with Crippen molar-refractivity contribution in [2.75, 3.05) is 23.3 Å². The first-order chi connectivity index (χ1) is 11.5. The number of nitrogens with one attached hydrogen (secondary N) is 1. The molecule has 0 aliphatic carbocycles. The number of benzene rings is 1. The summed E-state index contributed by atoms with van der Waals surface area (Å²) in [5.41, 5.74) is 0.938. The van der Waals surface area contributed by atoms with Gasteiger partial charge in [0.25, 0.3) is 0 Å². The molecule has 0 saturated carbocycles. The van der Waals surface area contributed by atoms with Crippen LogP contribution in [-0.4, -0.2) is 24.1 Å². The number of anilines is 2. The summed E-state index contributed by atoms with van der Waals surface area (Å²) in [6, 6.07) is 9.00. The Bertz CT molecular complexity index is 854. The Kier molecular flexibility index (Phi) is 3.17. The van der Waals surface area contributed by atoms with Crippen LogP contribution < -0.4 is 10.2 Å². The highest BCUT2D eigenvalue weighted by molar-refractivity contribution is 5.79. The van der Waals surface area contributed by atoms with Crippen LogP contribution in [0, 0.1) is 11.3 Å². The molecule has 1 saturated heterocycles. The molecule has 2 bridgehead atoms. The number of aromatic nitrogens is 1. The van der Waals surface area contributed by atoms with Crippen LogP contribution in [0.2, 0.25) is 0 Å². The molecule has 1 aromatic carbocycles. The summed E-state index contributed by atoms with van der Waals surface area (Å²) in [7, 11) is 0. The molecule has 4 rings (SSSR count). The zero-order chi connectivity index (χ0) is 16.9. The average molecular weight is 330 g/mol. The lowest BCUT2D eigenvalue weighted by Crippen LogP contribution is -2.32. The summed E-state index contributed by atoms with van der Waals surface area (Å²) in [4.78, 5) is 6.63. The SMILES string of the molecule is N#Cc1cc2c(nc1-c1cccc(C(F)(F)F)c1)N[C@H]1CCN2C1. The Morgan fingerprint density at radius 1 is 1.29 bits per heavy atom. The van der Waals surface area contributed by atoms with Crippen LogP contribution in [0.1, 0.15) is 17.5 Å². The third-order valence-electron chi connectivity index (χ3n) is 4.46. The van der Waals surface area contributed by atoms with Crippen molar-refractivity contribution < 1.29 is 13.2 Å². The largest absolute Gasteiger partial charge is 0.416 e. The first kappa shape index (κ1) is 14.8. The number of nitrogens with zero attached hydrogens (tertiary/aromatic N) is 3. The van der Waals surface area contributed by atoms with Crippen LogP contribution in [0.25, 0.3) is 11.3 Å². The van der Waals surface area contributed by atoms with Crippen LogP contribution in [-0.2, 0) is 6.18 Å². The van der Waals surface area contributed by atoms with Gasteiger partial charge < -0.3 is 10.2 Å². The minimum atomic E-state index is -4.43. The summed E-state index contributed by atoms with van der Waals surface area (Å²) in [5.74, 6) is 0.634. The molecule has 24 heavy (non-hydrogen) atoms. The van der Waals surface area contributed by atoms with Crippen LogP contribution in [0.4, 0.5) is 24.7 Å². The molecule has 1 atom stereocenters. The molecule has 122 valence electrons. The first-order valence-electron chi connectivity index (χ1n) is 7.60. The minimum absolute atomic E-state index is 0.275. The molecule has 2 aromatic rings. The van der Waals surface area contributed by atoms with Crippen LogP contribution in [0.15, 0.2) is 30.3 Å². The van der Waals surface area contributed by atoms with Crippen molar-refractivity contribution in [1.82, 2.24) is 4.98 Å². The average Bonchev–Trinajstić information content (AvgIpc) is 2.96. The molecule has 0 radical (unpaired) electrons. The normalized spacial score (nSPS) is 18.8. The van der Waals surface area contributed by atoms with Gasteiger partial charge in [0.1, 0.15) is 6.07 Å². The van der Waals surface area contributed by atoms with Gasteiger partial charge in [-0.25, -0.2) is 4.98 Å². The zero-order valence-corrected chi connectivity index (χ0v) is 12.6. The van der Waals surface area contributed by atoms with E-state index in [2.05, 4.69) is 21.3 Å². The fraction of sp³-hybridized carbons (Fsp3) is 0.294. The molecule has 4 nitrogen and oxygen atoms in total. The van der Waals surface area contributed by atoms with E-state index in [1.807, 2.05) is 0 Å². The van der Waals surface area contributed by atoms with Crippen molar-refractivity contribution in [1.29, 1.82) is 5.26 Å². The Morgan fingerprint density at radius 3 is 2.88 bits per heavy atom. The second-order valence-electron chi connectivity index (χ2n) is 6.02. The van der Waals surface area contributed by atoms with Gasteiger partial charge in [0, 0.05) is 24.7 Å². The summed E-state index contributed by atoms with van der Waals surface area (Å²) in [6.07, 6.45) is -3.45. The van der Waals surface area contributed by atoms with Crippen molar-refractivity contribution in [2.24, 2.45) is 0 Å². The highest BCUT2D eigenvalue weighted by atomic mass is 19.4. The van der Waals surface area contributed by atoms with Gasteiger partial charge in [-0.05, 0) is 24.6 Å². The summed E-state index contributed by atoms with van der Waals surface area (Å²) in [5, 5.41) is 12.7. The standard InChI is InChI=1S/C17H13F3N4/c18-17(19,20)12-3-1-2-10(6-12)15-11(8-21)7-14-16(23-15)22-13-4-5-24(14)9-13/h1-3,6-7,13H,4-5,9H2,(H,22,23)/t13-/m0/s1. The molecule has 1 N–H and O–H groups in total. The van der Waals surface area contributed by atoms with Gasteiger partial charge in [-0.2, -0.15) is 18.4 Å². The number of fused-ring (bicyclic) bond motifs is 4. The Balaban J connectivity index is 1.85. The Hall–Kier alpha value is -2.75. The highest BCUT2D eigenvalue weighted by Crippen LogP contribution is 2.38. The first-order valence-corrected chi connectivity index (χ1v) is 7.60. The van der Waals surface area contributed by atoms with Crippen molar-refractivity contribution in [3.8, 4) is 17.3 Å². The molecule has 2 aliphatic heterocycles. The van der Waals surface area contributed by atoms with E-state index in [0.29, 0.717) is 17.4 Å². The highest BCUT2D eigenvalue weighted by Gasteiger charge is 2.33. The zero-order valence-electron chi connectivity index (χ0n) is 12.6. The van der Waals surface area contributed by atoms with Crippen LogP contribution in [0.3, 0.4) is 0 Å². The molecular weight excluding hydrogens is 317 g/mol. The third kappa shape index (κ3) is 2.35. The van der Waals surface area contributed by atoms with Gasteiger partial charge in [-0.15, -0.1) is 0 Å². The second-order valence-corrected chi connectivity index (χ2v) is 6.02. The van der Waals surface area contributed by atoms with E-state index in [1.54, 1.807) is 12.1 Å². The molecule has 1 fully saturated rings. The molecule has 7 heteroatoms. The molecule has 3 heterocycles. The summed E-state index contributed by atoms with van der Waals surface area (Å²) < 4.78 is 38.8. The van der Waals surface area contributed by atoms with Gasteiger partial charge >= 0.3 is 6.18 Å². The van der Waals surface area contributed by atoms with E-state index in [1.165, 1.54) is 6.07 Å². The third-order valence-corrected chi connectivity index (χ3v) is 4.46. The number of hydrogen-bond donors (Lipinski definition) is 1. The number of alkyl halides is 3. The Morgan fingerprint density at radius 2 is 2.12 bits per heavy atom. The van der Waals surface area contributed by atoms with E-state index < -0.39 is 11.7 Å². The molecule has 0 amide bonds. The van der Waals surface area contributed by atoms with Crippen molar-refractivity contribution >= 4 is 11.5 Å². The number of nitriles is 1. The van der Waals surface area contributed by atoms with Crippen molar-refractivity contribution in [3.05, 3.63) is 41.5 Å². The van der Waals surface area contributed by atoms with E-state index >= 15 is 0 Å². The van der Waals surface area contributed by atoms with Crippen molar-refractivity contribution in [3.63, 3.8) is 0 Å². The monoisotopic (exact) mass is 330 g/mol. The van der Waals surface area contributed by atoms with Gasteiger partial charge in [-0.1, -0.05) is 12.1 Å². The summed E-state index contributed by atoms with van der Waals surface area (Å²) in [6.45, 7) is 1.75. The number of rotatable bonds is 1. The predicted molar refractivity (Wildman–Crippen MR) is 83.6 cm³/mol. The smallest absolute Gasteiger partial charge is 0.366 e. The molecule has 0 unspecified atom stereocenters. The van der Waals surface area contributed by atoms with Gasteiger partial charge in [0.15, 0.2) is 5.82 Å². The number of halogens is 3. The van der Waals surface area contributed by atoms with E-state index in [4.69, 9.17) is 0 Å². The topological polar surface area (TPSA) is 52.0 Å². The van der Waals surface area contributed by atoms with Gasteiger partial charge in [0.05, 0.1) is 22.5 Å². The lowest BCUT2D eigenvalue weighted by atomic mass is 10.0. The number of pyridine rings is 1. The Labute approximate surface area is 136 Å². The van der Waals surface area contributed by atoms with E-state index in [-0.39, 0.29) is 11.3 Å². The van der Waals surface area contributed by atoms with Gasteiger partial charge in [0.2, 0.25) is 0 Å². The minimum Gasteiger partial charge on any atom is -0.366 e. The van der Waals surface area contributed by atoms with Gasteiger partial charge in [-0.3, -0.25) is 0 Å². The maximum absolute atomic E-state index is 12.9. The lowest BCUT2D eigenvalue weighted by Gasteiger charge is -2.28. The van der Waals surface area contributed by atoms with Crippen LogP contribution >= 0.6 is 0 Å². The molecule has 0 spiro atoms. The van der Waals surface area contributed by atoms with E-state index in [0.717, 1.165) is 37.3 Å². The van der Waals surface area contributed by atoms with Crippen molar-refractivity contribution in [2.45, 2.75) is 18.6 Å². The summed E-state index contributed by atoms with van der Waals surface area (Å²) >= 11 is 0. The fourth-order valence-electron chi connectivity index (χ4n) is 3.29. The lowest BCUT2D eigenvalue weighted by molar-refractivity contribution is -0.137. The molecule has 2 aliphatic rings. The maximum atomic E-state index is 12.9. The second kappa shape index (κ2) is 5.13. The quantitative estimate of drug-likeness (QED) is 0.867. The maximum Gasteiger partial charge on any atom is 0.416 e. The number of hydrogen-bond acceptors (Lipinski definition) is 4. The van der Waals surface area contributed by atoms with Crippen LogP contribution in [0.5, 0.6) is 0 Å². The predicted octanol–water partition coefficient (Wildman–Crippen LogP) is 3.64. The molecule has 1 aromatic heterocycles. The fourth-order valence-corrected chi connectivity index (χ4v) is 3.29. The van der Waals surface area contributed by atoms with E-state index in [9.17, 15) is 18.4 Å².